The number of pyridine rings is 1. The van der Waals surface area contributed by atoms with Gasteiger partial charge in [-0.2, -0.15) is 0 Å². The number of hydrogen-bond donors (Lipinski definition) is 4. The van der Waals surface area contributed by atoms with Crippen molar-refractivity contribution in [1.82, 2.24) is 20.9 Å². The van der Waals surface area contributed by atoms with Crippen LogP contribution in [-0.2, 0) is 23.9 Å². The van der Waals surface area contributed by atoms with Crippen LogP contribution in [0.3, 0.4) is 0 Å². The van der Waals surface area contributed by atoms with Crippen LogP contribution in [0, 0.1) is 31.6 Å². The molecule has 0 radical (unpaired) electrons. The Kier molecular flexibility index (Phi) is 14.2. The molecule has 0 fully saturated rings. The van der Waals surface area contributed by atoms with Gasteiger partial charge in [-0.15, -0.1) is 0 Å². The molecule has 6 rings (SSSR count). The summed E-state index contributed by atoms with van der Waals surface area (Å²) in [4.78, 5) is 88.8. The quantitative estimate of drug-likeness (QED) is 0.206. The van der Waals surface area contributed by atoms with E-state index < -0.39 is 34.5 Å². The van der Waals surface area contributed by atoms with Crippen LogP contribution in [0.1, 0.15) is 121 Å². The van der Waals surface area contributed by atoms with Gasteiger partial charge in [0.1, 0.15) is 34.0 Å². The second kappa shape index (κ2) is 18.4. The molecule has 0 spiro atoms. The van der Waals surface area contributed by atoms with Crippen LogP contribution in [0.25, 0.3) is 0 Å². The number of carboxylic acid groups (broad SMARTS) is 1. The Labute approximate surface area is 355 Å². The number of esters is 2. The number of benzene rings is 2. The molecule has 4 heterocycles. The molecule has 1 aromatic heterocycles. The van der Waals surface area contributed by atoms with Gasteiger partial charge in [0.05, 0.1) is 30.9 Å². The number of carbonyl (C=O) groups excluding carboxylic acids is 5. The molecular weight excluding hydrogens is 783 g/mol. The van der Waals surface area contributed by atoms with Crippen molar-refractivity contribution in [3.8, 4) is 0 Å². The van der Waals surface area contributed by atoms with Crippen molar-refractivity contribution in [2.24, 2.45) is 32.7 Å². The summed E-state index contributed by atoms with van der Waals surface area (Å²) >= 11 is 0. The predicted octanol–water partition coefficient (Wildman–Crippen LogP) is 5.22. The smallest absolute Gasteiger partial charge is 0.338 e. The predicted molar refractivity (Wildman–Crippen MR) is 230 cm³/mol. The Morgan fingerprint density at radius 1 is 0.590 bits per heavy atom. The van der Waals surface area contributed by atoms with E-state index in [1.54, 1.807) is 39.0 Å². The molecular formula is C45H55N7O9. The lowest BCUT2D eigenvalue weighted by atomic mass is 9.89. The molecule has 3 atom stereocenters. The summed E-state index contributed by atoms with van der Waals surface area (Å²) in [5.74, 6) is -1.32. The van der Waals surface area contributed by atoms with Gasteiger partial charge in [0.2, 0.25) is 0 Å². The Morgan fingerprint density at radius 2 is 1.02 bits per heavy atom. The number of amides is 3. The largest absolute Gasteiger partial charge is 0.478 e. The summed E-state index contributed by atoms with van der Waals surface area (Å²) in [5.41, 5.74) is 1.61. The molecule has 0 saturated carbocycles. The average Bonchev–Trinajstić information content (AvgIpc) is 3.83. The maximum Gasteiger partial charge on any atom is 0.338 e. The fraction of sp³-hybridized carbons (Fsp3) is 0.422. The molecule has 16 heteroatoms. The van der Waals surface area contributed by atoms with Gasteiger partial charge in [-0.05, 0) is 82.7 Å². The highest BCUT2D eigenvalue weighted by Gasteiger charge is 2.45. The van der Waals surface area contributed by atoms with Crippen LogP contribution in [-0.4, -0.2) is 94.1 Å². The van der Waals surface area contributed by atoms with Gasteiger partial charge in [-0.3, -0.25) is 29.4 Å². The van der Waals surface area contributed by atoms with Crippen molar-refractivity contribution in [3.05, 3.63) is 99.4 Å². The molecule has 3 aliphatic rings. The monoisotopic (exact) mass is 837 g/mol. The van der Waals surface area contributed by atoms with Crippen LogP contribution in [0.5, 0.6) is 0 Å². The lowest BCUT2D eigenvalue weighted by Crippen LogP contribution is -2.41. The first-order valence-corrected chi connectivity index (χ1v) is 19.8. The minimum absolute atomic E-state index is 0.00184. The molecule has 0 aliphatic carbocycles. The molecule has 3 unspecified atom stereocenters. The van der Waals surface area contributed by atoms with Crippen LogP contribution >= 0.6 is 0 Å². The van der Waals surface area contributed by atoms with Gasteiger partial charge in [-0.1, -0.05) is 70.9 Å². The average molecular weight is 838 g/mol. The summed E-state index contributed by atoms with van der Waals surface area (Å²) in [6, 6.07) is 13.7. The number of amidine groups is 3. The van der Waals surface area contributed by atoms with Crippen molar-refractivity contribution in [1.29, 1.82) is 0 Å². The van der Waals surface area contributed by atoms with Crippen LogP contribution < -0.4 is 16.0 Å². The third-order valence-electron chi connectivity index (χ3n) is 11.4. The number of hydrogen-bond acceptors (Lipinski definition) is 12. The molecule has 0 bridgehead atoms. The third-order valence-corrected chi connectivity index (χ3v) is 11.4. The zero-order valence-electron chi connectivity index (χ0n) is 36.9. The summed E-state index contributed by atoms with van der Waals surface area (Å²) in [6.45, 7) is 20.7. The van der Waals surface area contributed by atoms with E-state index in [0.29, 0.717) is 33.9 Å². The van der Waals surface area contributed by atoms with Gasteiger partial charge in [0.15, 0.2) is 5.84 Å². The van der Waals surface area contributed by atoms with E-state index in [0.717, 1.165) is 11.1 Å². The maximum atomic E-state index is 12.2. The standard InChI is InChI=1S/2C16H20N2O3.C13H15N3O3/c1-9(2)16(4)15(20)17-13(18-16)12-8-10(3)6-7-11(12)14(19)21-5;1-9(2)16(4)15(20)17-13(18-16)11-7-6-10(3)8-12(11)14(19)21-5;1-7(2)13(3)12(19)15-10(16-13)9-8(11(17)18)5-4-6-14-9/h2*6-9H,1-5H3,(H,17,18,20);4-7H,1-3H3,(H,17,18)(H,15,16,19). The molecule has 3 aromatic rings. The normalized spacial score (nSPS) is 21.6. The molecule has 324 valence electrons. The van der Waals surface area contributed by atoms with Crippen molar-refractivity contribution < 1.29 is 43.3 Å². The van der Waals surface area contributed by atoms with E-state index in [-0.39, 0.29) is 52.6 Å². The van der Waals surface area contributed by atoms with Crippen molar-refractivity contribution in [2.75, 3.05) is 14.2 Å². The Balaban J connectivity index is 0.000000202. The topological polar surface area (TPSA) is 227 Å². The summed E-state index contributed by atoms with van der Waals surface area (Å²) in [7, 11) is 2.67. The SMILES string of the molecule is CC(C)C1(C)N=C(c2ncccc2C(=O)O)NC1=O.COC(=O)c1cc(C)ccc1C1=NC(C)(C(C)C)C(=O)N1.COC(=O)c1ccc(C)cc1C1=NC(C)(C(C)C)C(=O)N1. The molecule has 0 saturated heterocycles. The van der Waals surface area contributed by atoms with Gasteiger partial charge >= 0.3 is 17.9 Å². The molecule has 3 amide bonds. The van der Waals surface area contributed by atoms with Crippen molar-refractivity contribution >= 4 is 53.1 Å². The number of aromatic carboxylic acids is 1. The number of methoxy groups -OCH3 is 2. The third kappa shape index (κ3) is 9.58. The zero-order valence-corrected chi connectivity index (χ0v) is 36.9. The van der Waals surface area contributed by atoms with Crippen LogP contribution in [0.4, 0.5) is 0 Å². The van der Waals surface area contributed by atoms with E-state index in [9.17, 15) is 28.8 Å². The van der Waals surface area contributed by atoms with Crippen molar-refractivity contribution in [2.45, 2.75) is 92.8 Å². The number of carboxylic acids is 1. The van der Waals surface area contributed by atoms with E-state index >= 15 is 0 Å². The van der Waals surface area contributed by atoms with E-state index in [4.69, 9.17) is 14.6 Å². The van der Waals surface area contributed by atoms with Gasteiger partial charge in [-0.25, -0.2) is 19.4 Å². The number of aliphatic imine (C=N–C) groups is 3. The highest BCUT2D eigenvalue weighted by Crippen LogP contribution is 2.30. The molecule has 4 N–H and O–H groups in total. The Morgan fingerprint density at radius 3 is 1.48 bits per heavy atom. The number of carbonyl (C=O) groups is 6. The highest BCUT2D eigenvalue weighted by molar-refractivity contribution is 6.20. The summed E-state index contributed by atoms with van der Waals surface area (Å²) in [5, 5.41) is 17.3. The number of nitrogens with zero attached hydrogens (tertiary/aromatic N) is 4. The number of rotatable bonds is 9. The van der Waals surface area contributed by atoms with E-state index in [1.165, 1.54) is 32.5 Å². The first-order valence-electron chi connectivity index (χ1n) is 19.8. The maximum absolute atomic E-state index is 12.2. The van der Waals surface area contributed by atoms with E-state index in [1.807, 2.05) is 73.6 Å². The Bertz CT molecular complexity index is 2370. The summed E-state index contributed by atoms with van der Waals surface area (Å²) in [6.07, 6.45) is 1.47. The fourth-order valence-electron chi connectivity index (χ4n) is 6.23. The number of ether oxygens (including phenoxy) is 2. The Hall–Kier alpha value is -6.58. The number of aryl methyl sites for hydroxylation is 2. The van der Waals surface area contributed by atoms with Crippen LogP contribution in [0.15, 0.2) is 69.7 Å². The number of aromatic nitrogens is 1. The molecule has 2 aromatic carbocycles. The molecule has 16 nitrogen and oxygen atoms in total. The van der Waals surface area contributed by atoms with Crippen LogP contribution in [0.2, 0.25) is 0 Å². The lowest BCUT2D eigenvalue weighted by Gasteiger charge is -2.21. The zero-order chi connectivity index (χ0) is 45.8. The summed E-state index contributed by atoms with van der Waals surface area (Å²) < 4.78 is 9.61. The van der Waals surface area contributed by atoms with Crippen molar-refractivity contribution in [3.63, 3.8) is 0 Å². The van der Waals surface area contributed by atoms with Gasteiger partial charge in [0, 0.05) is 17.3 Å². The second-order valence-corrected chi connectivity index (χ2v) is 16.4. The molecule has 61 heavy (non-hydrogen) atoms. The van der Waals surface area contributed by atoms with Gasteiger partial charge < -0.3 is 30.5 Å². The lowest BCUT2D eigenvalue weighted by molar-refractivity contribution is -0.125. The molecule has 3 aliphatic heterocycles. The fourth-order valence-corrected chi connectivity index (χ4v) is 6.23. The van der Waals surface area contributed by atoms with E-state index in [2.05, 4.69) is 35.9 Å². The first-order chi connectivity index (χ1) is 28.4. The minimum Gasteiger partial charge on any atom is -0.478 e. The first kappa shape index (κ1) is 47.1. The minimum atomic E-state index is -1.10. The van der Waals surface area contributed by atoms with Gasteiger partial charge in [0.25, 0.3) is 17.7 Å². The number of nitrogens with one attached hydrogen (secondary N) is 3. The highest BCUT2D eigenvalue weighted by atomic mass is 16.5. The second-order valence-electron chi connectivity index (χ2n) is 16.4.